The highest BCUT2D eigenvalue weighted by Crippen LogP contribution is 2.30. The molecule has 0 atom stereocenters. The molecule has 0 saturated heterocycles. The number of carbonyl (C=O) groups is 1. The maximum atomic E-state index is 12.2. The van der Waals surface area contributed by atoms with Gasteiger partial charge in [0.05, 0.1) is 5.60 Å². The van der Waals surface area contributed by atoms with Gasteiger partial charge >= 0.3 is 0 Å². The van der Waals surface area contributed by atoms with E-state index in [4.69, 9.17) is 0 Å². The first kappa shape index (κ1) is 12.2. The average molecular weight is 236 g/mol. The predicted molar refractivity (Wildman–Crippen MR) is 65.8 cm³/mol. The topological polar surface area (TPSA) is 45.5 Å². The van der Waals surface area contributed by atoms with E-state index in [1.165, 1.54) is 0 Å². The summed E-state index contributed by atoms with van der Waals surface area (Å²) in [5.41, 5.74) is -0.00986. The monoisotopic (exact) mass is 236 g/mol. The van der Waals surface area contributed by atoms with Gasteiger partial charge in [-0.15, -0.1) is 0 Å². The van der Waals surface area contributed by atoms with Crippen LogP contribution in [0.3, 0.4) is 0 Å². The summed E-state index contributed by atoms with van der Waals surface area (Å²) in [5, 5.41) is 10.3. The molecule has 0 bridgehead atoms. The fraction of sp³-hybridized carbons (Fsp3) is 0.615. The zero-order valence-electron chi connectivity index (χ0n) is 10.5. The first-order valence-corrected chi connectivity index (χ1v) is 6.11. The number of hydrogen-bond acceptors (Lipinski definition) is 2. The van der Waals surface area contributed by atoms with Gasteiger partial charge in [-0.3, -0.25) is 4.79 Å². The molecular weight excluding hydrogens is 216 g/mol. The molecule has 4 heteroatoms. The second-order valence-corrected chi connectivity index (χ2v) is 5.10. The van der Waals surface area contributed by atoms with Crippen molar-refractivity contribution in [1.29, 1.82) is 0 Å². The Bertz CT molecular complexity index is 405. The van der Waals surface area contributed by atoms with Crippen molar-refractivity contribution in [3.05, 3.63) is 24.0 Å². The molecule has 0 radical (unpaired) electrons. The van der Waals surface area contributed by atoms with Crippen LogP contribution in [-0.4, -0.2) is 39.7 Å². The Balaban J connectivity index is 2.03. The molecule has 17 heavy (non-hydrogen) atoms. The Labute approximate surface area is 102 Å². The van der Waals surface area contributed by atoms with E-state index >= 15 is 0 Å². The van der Waals surface area contributed by atoms with Crippen LogP contribution in [0.1, 0.15) is 36.2 Å². The Morgan fingerprint density at radius 3 is 2.71 bits per heavy atom. The zero-order chi connectivity index (χ0) is 12.5. The van der Waals surface area contributed by atoms with E-state index in [-0.39, 0.29) is 5.91 Å². The lowest BCUT2D eigenvalue weighted by molar-refractivity contribution is 0.0153. The van der Waals surface area contributed by atoms with Crippen LogP contribution in [-0.2, 0) is 7.05 Å². The van der Waals surface area contributed by atoms with Crippen molar-refractivity contribution in [1.82, 2.24) is 9.47 Å². The maximum absolute atomic E-state index is 12.2. The third-order valence-electron chi connectivity index (χ3n) is 3.58. The van der Waals surface area contributed by atoms with Gasteiger partial charge in [-0.2, -0.15) is 0 Å². The lowest BCUT2D eigenvalue weighted by Gasteiger charge is -2.28. The van der Waals surface area contributed by atoms with Gasteiger partial charge in [0.1, 0.15) is 5.69 Å². The van der Waals surface area contributed by atoms with Crippen molar-refractivity contribution >= 4 is 5.91 Å². The molecule has 1 aromatic heterocycles. The van der Waals surface area contributed by atoms with E-state index in [0.717, 1.165) is 25.7 Å². The minimum atomic E-state index is -0.671. The lowest BCUT2D eigenvalue weighted by atomic mass is 10.0. The van der Waals surface area contributed by atoms with Crippen LogP contribution in [0.2, 0.25) is 0 Å². The number of aliphatic hydroxyl groups is 1. The molecule has 0 aromatic carbocycles. The van der Waals surface area contributed by atoms with Crippen LogP contribution in [0.5, 0.6) is 0 Å². The molecular formula is C13H20N2O2. The van der Waals surface area contributed by atoms with Gasteiger partial charge in [-0.1, -0.05) is 12.8 Å². The molecule has 1 fully saturated rings. The van der Waals surface area contributed by atoms with Gasteiger partial charge in [0.2, 0.25) is 0 Å². The Morgan fingerprint density at radius 1 is 1.53 bits per heavy atom. The smallest absolute Gasteiger partial charge is 0.270 e. The molecule has 0 spiro atoms. The van der Waals surface area contributed by atoms with E-state index in [1.54, 1.807) is 22.6 Å². The highest BCUT2D eigenvalue weighted by molar-refractivity contribution is 5.92. The van der Waals surface area contributed by atoms with Crippen LogP contribution in [0.25, 0.3) is 0 Å². The van der Waals surface area contributed by atoms with Gasteiger partial charge in [0.15, 0.2) is 0 Å². The van der Waals surface area contributed by atoms with E-state index < -0.39 is 5.60 Å². The van der Waals surface area contributed by atoms with Crippen LogP contribution in [0, 0.1) is 0 Å². The standard InChI is InChI=1S/C13H20N2O2/c1-14-9-5-6-11(14)12(16)15(2)10-13(17)7-3-4-8-13/h5-6,9,17H,3-4,7-8,10H2,1-2H3. The first-order valence-electron chi connectivity index (χ1n) is 6.11. The number of aromatic nitrogens is 1. The van der Waals surface area contributed by atoms with Crippen molar-refractivity contribution in [3.8, 4) is 0 Å². The molecule has 1 aliphatic carbocycles. The van der Waals surface area contributed by atoms with E-state index in [2.05, 4.69) is 0 Å². The van der Waals surface area contributed by atoms with Crippen molar-refractivity contribution < 1.29 is 9.90 Å². The molecule has 1 amide bonds. The van der Waals surface area contributed by atoms with Gasteiger partial charge in [0, 0.05) is 26.8 Å². The van der Waals surface area contributed by atoms with Crippen LogP contribution in [0.15, 0.2) is 18.3 Å². The summed E-state index contributed by atoms with van der Waals surface area (Å²) in [5.74, 6) is -0.0298. The molecule has 1 aliphatic rings. The number of aryl methyl sites for hydroxylation is 1. The summed E-state index contributed by atoms with van der Waals surface area (Å²) in [6, 6.07) is 3.66. The molecule has 2 rings (SSSR count). The fourth-order valence-electron chi connectivity index (χ4n) is 2.58. The van der Waals surface area contributed by atoms with Gasteiger partial charge in [-0.25, -0.2) is 0 Å². The average Bonchev–Trinajstić information content (AvgIpc) is 2.86. The highest BCUT2D eigenvalue weighted by atomic mass is 16.3. The van der Waals surface area contributed by atoms with E-state index in [9.17, 15) is 9.90 Å². The molecule has 1 heterocycles. The zero-order valence-corrected chi connectivity index (χ0v) is 10.5. The molecule has 0 unspecified atom stereocenters. The number of hydrogen-bond donors (Lipinski definition) is 1. The second-order valence-electron chi connectivity index (χ2n) is 5.10. The molecule has 94 valence electrons. The summed E-state index contributed by atoms with van der Waals surface area (Å²) in [6.07, 6.45) is 5.58. The molecule has 1 N–H and O–H groups in total. The minimum Gasteiger partial charge on any atom is -0.388 e. The summed E-state index contributed by atoms with van der Waals surface area (Å²) in [4.78, 5) is 13.8. The number of nitrogens with zero attached hydrogens (tertiary/aromatic N) is 2. The Hall–Kier alpha value is -1.29. The van der Waals surface area contributed by atoms with E-state index in [1.807, 2.05) is 19.3 Å². The lowest BCUT2D eigenvalue weighted by Crippen LogP contribution is -2.42. The SMILES string of the molecule is CN(CC1(O)CCCC1)C(=O)c1cccn1C. The second kappa shape index (κ2) is 4.53. The summed E-state index contributed by atoms with van der Waals surface area (Å²) in [7, 11) is 3.61. The predicted octanol–water partition coefficient (Wildman–Crippen LogP) is 1.40. The molecule has 4 nitrogen and oxygen atoms in total. The van der Waals surface area contributed by atoms with Crippen molar-refractivity contribution in [3.63, 3.8) is 0 Å². The first-order chi connectivity index (χ1) is 8.02. The molecule has 1 saturated carbocycles. The van der Waals surface area contributed by atoms with Crippen LogP contribution < -0.4 is 0 Å². The minimum absolute atomic E-state index is 0.0298. The van der Waals surface area contributed by atoms with Crippen molar-refractivity contribution in [2.24, 2.45) is 7.05 Å². The van der Waals surface area contributed by atoms with Crippen molar-refractivity contribution in [2.45, 2.75) is 31.3 Å². The largest absolute Gasteiger partial charge is 0.388 e. The Morgan fingerprint density at radius 2 is 2.18 bits per heavy atom. The van der Waals surface area contributed by atoms with Crippen molar-refractivity contribution in [2.75, 3.05) is 13.6 Å². The normalized spacial score (nSPS) is 18.3. The summed E-state index contributed by atoms with van der Waals surface area (Å²) < 4.78 is 1.80. The number of carbonyl (C=O) groups excluding carboxylic acids is 1. The number of amides is 1. The van der Waals surface area contributed by atoms with Gasteiger partial charge in [-0.05, 0) is 25.0 Å². The van der Waals surface area contributed by atoms with Gasteiger partial charge < -0.3 is 14.6 Å². The quantitative estimate of drug-likeness (QED) is 0.862. The highest BCUT2D eigenvalue weighted by Gasteiger charge is 2.33. The maximum Gasteiger partial charge on any atom is 0.270 e. The molecule has 0 aliphatic heterocycles. The van der Waals surface area contributed by atoms with Crippen LogP contribution >= 0.6 is 0 Å². The van der Waals surface area contributed by atoms with Crippen LogP contribution in [0.4, 0.5) is 0 Å². The van der Waals surface area contributed by atoms with Gasteiger partial charge in [0.25, 0.3) is 5.91 Å². The third kappa shape index (κ3) is 2.52. The molecule has 1 aromatic rings. The third-order valence-corrected chi connectivity index (χ3v) is 3.58. The number of likely N-dealkylation sites (N-methyl/N-ethyl adjacent to an activating group) is 1. The van der Waals surface area contributed by atoms with E-state index in [0.29, 0.717) is 12.2 Å². The summed E-state index contributed by atoms with van der Waals surface area (Å²) >= 11 is 0. The Kier molecular flexibility index (Phi) is 3.24. The fourth-order valence-corrected chi connectivity index (χ4v) is 2.58. The number of rotatable bonds is 3. The summed E-state index contributed by atoms with van der Waals surface area (Å²) in [6.45, 7) is 0.428.